The second kappa shape index (κ2) is 7.77. The van der Waals surface area contributed by atoms with Crippen molar-refractivity contribution in [3.8, 4) is 0 Å². The van der Waals surface area contributed by atoms with Crippen LogP contribution in [-0.4, -0.2) is 33.0 Å². The SMILES string of the molecule is CON(C)S(=O)(=O)c1cccc(C(=O)Nc2cccc(C(C)C)c2)c1. The molecule has 6 nitrogen and oxygen atoms in total. The summed E-state index contributed by atoms with van der Waals surface area (Å²) in [4.78, 5) is 17.2. The van der Waals surface area contributed by atoms with Crippen LogP contribution in [0.2, 0.25) is 0 Å². The molecular weight excluding hydrogens is 340 g/mol. The van der Waals surface area contributed by atoms with Crippen LogP contribution >= 0.6 is 0 Å². The minimum Gasteiger partial charge on any atom is -0.322 e. The van der Waals surface area contributed by atoms with E-state index in [4.69, 9.17) is 4.84 Å². The molecule has 0 aliphatic rings. The maximum absolute atomic E-state index is 12.5. The van der Waals surface area contributed by atoms with Gasteiger partial charge in [-0.25, -0.2) is 8.42 Å². The molecule has 0 aliphatic heterocycles. The van der Waals surface area contributed by atoms with Crippen LogP contribution in [0, 0.1) is 0 Å². The molecule has 7 heteroatoms. The summed E-state index contributed by atoms with van der Waals surface area (Å²) in [5.74, 6) is -0.0343. The molecule has 1 N–H and O–H groups in total. The molecule has 0 saturated carbocycles. The first-order valence-electron chi connectivity index (χ1n) is 7.80. The molecular formula is C18H22N2O4S. The molecule has 0 bridgehead atoms. The molecule has 0 radical (unpaired) electrons. The molecule has 25 heavy (non-hydrogen) atoms. The van der Waals surface area contributed by atoms with Gasteiger partial charge in [0.15, 0.2) is 0 Å². The van der Waals surface area contributed by atoms with Crippen molar-refractivity contribution < 1.29 is 18.0 Å². The van der Waals surface area contributed by atoms with Gasteiger partial charge in [0.25, 0.3) is 15.9 Å². The van der Waals surface area contributed by atoms with Crippen molar-refractivity contribution in [1.29, 1.82) is 0 Å². The van der Waals surface area contributed by atoms with Crippen LogP contribution in [0.1, 0.15) is 35.7 Å². The van der Waals surface area contributed by atoms with E-state index in [9.17, 15) is 13.2 Å². The Kier molecular flexibility index (Phi) is 5.94. The molecule has 0 heterocycles. The second-order valence-corrected chi connectivity index (χ2v) is 7.80. The highest BCUT2D eigenvalue weighted by atomic mass is 32.2. The van der Waals surface area contributed by atoms with Gasteiger partial charge in [-0.2, -0.15) is 0 Å². The number of hydroxylamine groups is 1. The summed E-state index contributed by atoms with van der Waals surface area (Å²) < 4.78 is 25.3. The van der Waals surface area contributed by atoms with Crippen molar-refractivity contribution >= 4 is 21.6 Å². The second-order valence-electron chi connectivity index (χ2n) is 5.86. The van der Waals surface area contributed by atoms with Crippen LogP contribution in [0.25, 0.3) is 0 Å². The van der Waals surface area contributed by atoms with E-state index >= 15 is 0 Å². The van der Waals surface area contributed by atoms with Gasteiger partial charge in [-0.15, -0.1) is 0 Å². The van der Waals surface area contributed by atoms with Gasteiger partial charge in [0.1, 0.15) is 0 Å². The molecule has 0 aromatic heterocycles. The van der Waals surface area contributed by atoms with Crippen molar-refractivity contribution in [1.82, 2.24) is 4.47 Å². The summed E-state index contributed by atoms with van der Waals surface area (Å²) >= 11 is 0. The predicted octanol–water partition coefficient (Wildman–Crippen LogP) is 3.24. The number of benzene rings is 2. The first-order valence-corrected chi connectivity index (χ1v) is 9.24. The highest BCUT2D eigenvalue weighted by Crippen LogP contribution is 2.20. The number of hydrogen-bond acceptors (Lipinski definition) is 4. The lowest BCUT2D eigenvalue weighted by Crippen LogP contribution is -2.26. The third-order valence-electron chi connectivity index (χ3n) is 3.80. The normalized spacial score (nSPS) is 11.8. The van der Waals surface area contributed by atoms with E-state index < -0.39 is 10.0 Å². The number of rotatable bonds is 6. The van der Waals surface area contributed by atoms with Crippen LogP contribution in [-0.2, 0) is 14.9 Å². The van der Waals surface area contributed by atoms with E-state index in [1.165, 1.54) is 32.4 Å². The molecule has 0 atom stereocenters. The van der Waals surface area contributed by atoms with E-state index in [1.54, 1.807) is 12.1 Å². The highest BCUT2D eigenvalue weighted by Gasteiger charge is 2.22. The molecule has 0 fully saturated rings. The zero-order valence-corrected chi connectivity index (χ0v) is 15.5. The van der Waals surface area contributed by atoms with Crippen LogP contribution in [0.5, 0.6) is 0 Å². The number of sulfonamides is 1. The molecule has 2 rings (SSSR count). The molecule has 0 aliphatic carbocycles. The van der Waals surface area contributed by atoms with Crippen molar-refractivity contribution in [2.24, 2.45) is 0 Å². The van der Waals surface area contributed by atoms with Gasteiger partial charge in [0.2, 0.25) is 0 Å². The fourth-order valence-corrected chi connectivity index (χ4v) is 3.24. The topological polar surface area (TPSA) is 75.7 Å². The van der Waals surface area contributed by atoms with Gasteiger partial charge in [0, 0.05) is 18.3 Å². The summed E-state index contributed by atoms with van der Waals surface area (Å²) in [5.41, 5.74) is 2.02. The molecule has 2 aromatic carbocycles. The maximum Gasteiger partial charge on any atom is 0.264 e. The van der Waals surface area contributed by atoms with Gasteiger partial charge in [0.05, 0.1) is 12.0 Å². The Hall–Kier alpha value is -2.22. The van der Waals surface area contributed by atoms with Crippen molar-refractivity contribution in [3.05, 3.63) is 59.7 Å². The van der Waals surface area contributed by atoms with E-state index in [0.29, 0.717) is 11.6 Å². The van der Waals surface area contributed by atoms with Gasteiger partial charge < -0.3 is 5.32 Å². The number of carbonyl (C=O) groups excluding carboxylic acids is 1. The zero-order valence-electron chi connectivity index (χ0n) is 14.7. The number of nitrogens with zero attached hydrogens (tertiary/aromatic N) is 1. The summed E-state index contributed by atoms with van der Waals surface area (Å²) in [7, 11) is -1.25. The fraction of sp³-hybridized carbons (Fsp3) is 0.278. The quantitative estimate of drug-likeness (QED) is 0.801. The van der Waals surface area contributed by atoms with Crippen LogP contribution in [0.15, 0.2) is 53.4 Å². The molecule has 134 valence electrons. The largest absolute Gasteiger partial charge is 0.322 e. The van der Waals surface area contributed by atoms with Crippen molar-refractivity contribution in [3.63, 3.8) is 0 Å². The van der Waals surface area contributed by atoms with E-state index in [-0.39, 0.29) is 16.4 Å². The number of anilines is 1. The van der Waals surface area contributed by atoms with Gasteiger partial charge in [-0.3, -0.25) is 9.63 Å². The molecule has 1 amide bonds. The highest BCUT2D eigenvalue weighted by molar-refractivity contribution is 7.89. The predicted molar refractivity (Wildman–Crippen MR) is 96.9 cm³/mol. The molecule has 2 aromatic rings. The van der Waals surface area contributed by atoms with Gasteiger partial charge in [-0.05, 0) is 41.8 Å². The summed E-state index contributed by atoms with van der Waals surface area (Å²) in [6.07, 6.45) is 0. The minimum absolute atomic E-state index is 0.0135. The molecule has 0 saturated heterocycles. The van der Waals surface area contributed by atoms with Crippen molar-refractivity contribution in [2.45, 2.75) is 24.7 Å². The third kappa shape index (κ3) is 4.45. The summed E-state index contributed by atoms with van der Waals surface area (Å²) in [6, 6.07) is 13.4. The number of carbonyl (C=O) groups is 1. The van der Waals surface area contributed by atoms with Crippen LogP contribution in [0.4, 0.5) is 5.69 Å². The number of nitrogens with one attached hydrogen (secondary N) is 1. The molecule has 0 spiro atoms. The van der Waals surface area contributed by atoms with Crippen LogP contribution < -0.4 is 5.32 Å². The lowest BCUT2D eigenvalue weighted by molar-refractivity contribution is -0.0258. The summed E-state index contributed by atoms with van der Waals surface area (Å²) in [5, 5.41) is 2.80. The smallest absolute Gasteiger partial charge is 0.264 e. The van der Waals surface area contributed by atoms with Gasteiger partial charge in [-0.1, -0.05) is 36.5 Å². The Morgan fingerprint density at radius 1 is 1.12 bits per heavy atom. The third-order valence-corrected chi connectivity index (χ3v) is 5.48. The lowest BCUT2D eigenvalue weighted by Gasteiger charge is -2.15. The average molecular weight is 362 g/mol. The number of amides is 1. The average Bonchev–Trinajstić information content (AvgIpc) is 2.61. The first-order chi connectivity index (χ1) is 11.8. The number of hydrogen-bond donors (Lipinski definition) is 1. The fourth-order valence-electron chi connectivity index (χ4n) is 2.22. The first kappa shape index (κ1) is 19.1. The maximum atomic E-state index is 12.5. The zero-order chi connectivity index (χ0) is 18.6. The Morgan fingerprint density at radius 2 is 1.80 bits per heavy atom. The lowest BCUT2D eigenvalue weighted by atomic mass is 10.0. The Bertz CT molecular complexity index is 863. The monoisotopic (exact) mass is 362 g/mol. The van der Waals surface area contributed by atoms with Gasteiger partial charge >= 0.3 is 0 Å². The van der Waals surface area contributed by atoms with E-state index in [0.717, 1.165) is 10.0 Å². The molecule has 0 unspecified atom stereocenters. The van der Waals surface area contributed by atoms with Crippen LogP contribution in [0.3, 0.4) is 0 Å². The van der Waals surface area contributed by atoms with E-state index in [2.05, 4.69) is 19.2 Å². The Balaban J connectivity index is 2.26. The summed E-state index contributed by atoms with van der Waals surface area (Å²) in [6.45, 7) is 4.14. The Morgan fingerprint density at radius 3 is 2.44 bits per heavy atom. The van der Waals surface area contributed by atoms with E-state index in [1.807, 2.05) is 18.2 Å². The Labute approximate surface area is 148 Å². The standard InChI is InChI=1S/C18H22N2O4S/c1-13(2)14-7-5-9-16(11-14)19-18(21)15-8-6-10-17(12-15)25(22,23)20(3)24-4/h5-13H,1-4H3,(H,19,21). The van der Waals surface area contributed by atoms with Crippen molar-refractivity contribution in [2.75, 3.05) is 19.5 Å². The minimum atomic E-state index is -3.80.